The normalized spacial score (nSPS) is 12.6. The van der Waals surface area contributed by atoms with E-state index in [1.165, 1.54) is 17.0 Å². The molecular weight excluding hydrogens is 273 g/mol. The Bertz CT molecular complexity index is 550. The highest BCUT2D eigenvalue weighted by Crippen LogP contribution is 2.16. The molecule has 0 spiro atoms. The first-order chi connectivity index (χ1) is 9.61. The van der Waals surface area contributed by atoms with Crippen LogP contribution in [0.4, 0.5) is 4.39 Å². The predicted octanol–water partition coefficient (Wildman–Crippen LogP) is 3.98. The largest absolute Gasteiger partial charge is 0.292 e. The van der Waals surface area contributed by atoms with Gasteiger partial charge in [-0.3, -0.25) is 9.69 Å². The molecule has 0 bridgehead atoms. The summed E-state index contributed by atoms with van der Waals surface area (Å²) in [6.45, 7) is 5.51. The van der Waals surface area contributed by atoms with E-state index in [1.807, 2.05) is 25.3 Å². The lowest BCUT2D eigenvalue weighted by atomic mass is 10.0. The van der Waals surface area contributed by atoms with Crippen molar-refractivity contribution in [3.63, 3.8) is 0 Å². The van der Waals surface area contributed by atoms with E-state index in [1.54, 1.807) is 23.5 Å². The van der Waals surface area contributed by atoms with E-state index in [0.29, 0.717) is 5.56 Å². The van der Waals surface area contributed by atoms with Gasteiger partial charge in [-0.05, 0) is 49.2 Å². The third kappa shape index (κ3) is 3.52. The lowest BCUT2D eigenvalue weighted by Crippen LogP contribution is -2.38. The zero-order valence-corrected chi connectivity index (χ0v) is 12.5. The summed E-state index contributed by atoms with van der Waals surface area (Å²) in [7, 11) is 0. The summed E-state index contributed by atoms with van der Waals surface area (Å²) in [5, 5.41) is 2.04. The molecular formula is C16H18FNOS. The van der Waals surface area contributed by atoms with Gasteiger partial charge in [0.05, 0.1) is 6.04 Å². The van der Waals surface area contributed by atoms with Gasteiger partial charge in [-0.25, -0.2) is 4.39 Å². The average Bonchev–Trinajstić information content (AvgIpc) is 2.97. The SMILES string of the molecule is CCN(Cc1cccs1)C(C)C(=O)c1ccc(F)cc1. The Balaban J connectivity index is 2.09. The maximum atomic E-state index is 12.9. The fourth-order valence-electron chi connectivity index (χ4n) is 2.15. The Morgan fingerprint density at radius 2 is 2.00 bits per heavy atom. The van der Waals surface area contributed by atoms with E-state index in [9.17, 15) is 9.18 Å². The van der Waals surface area contributed by atoms with Crippen LogP contribution >= 0.6 is 11.3 Å². The van der Waals surface area contributed by atoms with Crippen molar-refractivity contribution in [2.75, 3.05) is 6.54 Å². The highest BCUT2D eigenvalue weighted by Gasteiger charge is 2.21. The zero-order valence-electron chi connectivity index (χ0n) is 11.7. The minimum atomic E-state index is -0.319. The van der Waals surface area contributed by atoms with E-state index < -0.39 is 0 Å². The highest BCUT2D eigenvalue weighted by molar-refractivity contribution is 7.09. The van der Waals surface area contributed by atoms with Crippen LogP contribution in [0.5, 0.6) is 0 Å². The first-order valence-corrected chi connectivity index (χ1v) is 7.56. The number of thiophene rings is 1. The Morgan fingerprint density at radius 1 is 1.30 bits per heavy atom. The number of Topliss-reactive ketones (excluding diaryl/α,β-unsaturated/α-hetero) is 1. The number of ketones is 1. The monoisotopic (exact) mass is 291 g/mol. The molecule has 2 rings (SSSR count). The molecule has 20 heavy (non-hydrogen) atoms. The number of carbonyl (C=O) groups excluding carboxylic acids is 1. The van der Waals surface area contributed by atoms with E-state index >= 15 is 0 Å². The van der Waals surface area contributed by atoms with Crippen LogP contribution < -0.4 is 0 Å². The average molecular weight is 291 g/mol. The highest BCUT2D eigenvalue weighted by atomic mass is 32.1. The van der Waals surface area contributed by atoms with Crippen LogP contribution in [0.15, 0.2) is 41.8 Å². The summed E-state index contributed by atoms with van der Waals surface area (Å²) in [5.41, 5.74) is 0.559. The molecule has 0 saturated carbocycles. The number of rotatable bonds is 6. The predicted molar refractivity (Wildman–Crippen MR) is 80.6 cm³/mol. The quantitative estimate of drug-likeness (QED) is 0.750. The van der Waals surface area contributed by atoms with Gasteiger partial charge in [-0.15, -0.1) is 11.3 Å². The van der Waals surface area contributed by atoms with Crippen LogP contribution in [0.1, 0.15) is 29.1 Å². The van der Waals surface area contributed by atoms with Gasteiger partial charge in [0.25, 0.3) is 0 Å². The second kappa shape index (κ2) is 6.77. The Hall–Kier alpha value is -1.52. The fraction of sp³-hybridized carbons (Fsp3) is 0.312. The van der Waals surface area contributed by atoms with Crippen LogP contribution in [0.25, 0.3) is 0 Å². The summed E-state index contributed by atoms with van der Waals surface area (Å²) in [4.78, 5) is 15.8. The molecule has 0 saturated heterocycles. The van der Waals surface area contributed by atoms with Crippen LogP contribution in [0.2, 0.25) is 0 Å². The summed E-state index contributed by atoms with van der Waals surface area (Å²) < 4.78 is 12.9. The number of benzene rings is 1. The third-order valence-electron chi connectivity index (χ3n) is 3.40. The number of hydrogen-bond acceptors (Lipinski definition) is 3. The smallest absolute Gasteiger partial charge is 0.179 e. The minimum Gasteiger partial charge on any atom is -0.292 e. The number of carbonyl (C=O) groups is 1. The third-order valence-corrected chi connectivity index (χ3v) is 4.26. The molecule has 106 valence electrons. The van der Waals surface area contributed by atoms with Crippen molar-refractivity contribution in [1.29, 1.82) is 0 Å². The number of halogens is 1. The van der Waals surface area contributed by atoms with Crippen molar-refractivity contribution in [1.82, 2.24) is 4.90 Å². The van der Waals surface area contributed by atoms with Crippen molar-refractivity contribution < 1.29 is 9.18 Å². The van der Waals surface area contributed by atoms with Gasteiger partial charge in [-0.1, -0.05) is 13.0 Å². The van der Waals surface area contributed by atoms with Gasteiger partial charge in [0, 0.05) is 17.0 Å². The molecule has 1 aromatic carbocycles. The van der Waals surface area contributed by atoms with Gasteiger partial charge >= 0.3 is 0 Å². The summed E-state index contributed by atoms with van der Waals surface area (Å²) >= 11 is 1.69. The van der Waals surface area contributed by atoms with Crippen LogP contribution in [0.3, 0.4) is 0 Å². The van der Waals surface area contributed by atoms with Gasteiger partial charge in [0.1, 0.15) is 5.82 Å². The Labute approximate surface area is 122 Å². The number of likely N-dealkylation sites (N-methyl/N-ethyl adjacent to an activating group) is 1. The maximum absolute atomic E-state index is 12.9. The van der Waals surface area contributed by atoms with Gasteiger partial charge < -0.3 is 0 Å². The number of hydrogen-bond donors (Lipinski definition) is 0. The number of nitrogens with zero attached hydrogens (tertiary/aromatic N) is 1. The topological polar surface area (TPSA) is 20.3 Å². The molecule has 2 aromatic rings. The van der Waals surface area contributed by atoms with Gasteiger partial charge in [0.2, 0.25) is 0 Å². The molecule has 1 heterocycles. The molecule has 0 aliphatic rings. The molecule has 2 nitrogen and oxygen atoms in total. The Kier molecular flexibility index (Phi) is 5.04. The van der Waals surface area contributed by atoms with Gasteiger partial charge in [-0.2, -0.15) is 0 Å². The first-order valence-electron chi connectivity index (χ1n) is 6.68. The van der Waals surface area contributed by atoms with E-state index in [0.717, 1.165) is 13.1 Å². The van der Waals surface area contributed by atoms with Crippen molar-refractivity contribution >= 4 is 17.1 Å². The standard InChI is InChI=1S/C16H18FNOS/c1-3-18(11-15-5-4-10-20-15)12(2)16(19)13-6-8-14(17)9-7-13/h4-10,12H,3,11H2,1-2H3. The van der Waals surface area contributed by atoms with Crippen LogP contribution in [-0.4, -0.2) is 23.3 Å². The molecule has 0 amide bonds. The molecule has 0 aliphatic heterocycles. The molecule has 0 N–H and O–H groups in total. The molecule has 1 aromatic heterocycles. The van der Waals surface area contributed by atoms with Crippen molar-refractivity contribution in [3.8, 4) is 0 Å². The first kappa shape index (κ1) is 14.9. The summed E-state index contributed by atoms with van der Waals surface area (Å²) in [5.74, 6) is -0.288. The second-order valence-corrected chi connectivity index (χ2v) is 5.72. The molecule has 4 heteroatoms. The molecule has 1 atom stereocenters. The minimum absolute atomic E-state index is 0.0309. The van der Waals surface area contributed by atoms with Gasteiger partial charge in [0.15, 0.2) is 5.78 Å². The fourth-order valence-corrected chi connectivity index (χ4v) is 2.88. The Morgan fingerprint density at radius 3 is 2.55 bits per heavy atom. The van der Waals surface area contributed by atoms with E-state index in [-0.39, 0.29) is 17.6 Å². The lowest BCUT2D eigenvalue weighted by Gasteiger charge is -2.26. The van der Waals surface area contributed by atoms with Crippen molar-refractivity contribution in [2.24, 2.45) is 0 Å². The maximum Gasteiger partial charge on any atom is 0.179 e. The van der Waals surface area contributed by atoms with Crippen molar-refractivity contribution in [3.05, 3.63) is 58.0 Å². The van der Waals surface area contributed by atoms with Crippen LogP contribution in [0, 0.1) is 5.82 Å². The molecule has 0 fully saturated rings. The lowest BCUT2D eigenvalue weighted by molar-refractivity contribution is 0.0837. The second-order valence-electron chi connectivity index (χ2n) is 4.69. The van der Waals surface area contributed by atoms with E-state index in [2.05, 4.69) is 11.0 Å². The van der Waals surface area contributed by atoms with E-state index in [4.69, 9.17) is 0 Å². The summed E-state index contributed by atoms with van der Waals surface area (Å²) in [6, 6.07) is 9.63. The summed E-state index contributed by atoms with van der Waals surface area (Å²) in [6.07, 6.45) is 0. The van der Waals surface area contributed by atoms with Crippen LogP contribution in [-0.2, 0) is 6.54 Å². The molecule has 0 aliphatic carbocycles. The van der Waals surface area contributed by atoms with Crippen molar-refractivity contribution in [2.45, 2.75) is 26.4 Å². The molecule has 1 unspecified atom stereocenters. The molecule has 0 radical (unpaired) electrons. The zero-order chi connectivity index (χ0) is 14.5.